The van der Waals surface area contributed by atoms with E-state index in [1.54, 1.807) is 0 Å². The molecule has 1 heterocycles. The minimum absolute atomic E-state index is 0.129. The average Bonchev–Trinajstić information content (AvgIpc) is 2.77. The molecule has 0 aliphatic heterocycles. The minimum atomic E-state index is -0.535. The maximum absolute atomic E-state index is 10.7. The van der Waals surface area contributed by atoms with Crippen molar-refractivity contribution in [2.45, 2.75) is 6.42 Å². The predicted molar refractivity (Wildman–Crippen MR) is 64.2 cm³/mol. The van der Waals surface area contributed by atoms with E-state index in [9.17, 15) is 10.1 Å². The number of hydrogen-bond donors (Lipinski definition) is 1. The van der Waals surface area contributed by atoms with Gasteiger partial charge in [0.1, 0.15) is 0 Å². The monoisotopic (exact) mass is 268 g/mol. The fourth-order valence-corrected chi connectivity index (χ4v) is 1.63. The van der Waals surface area contributed by atoms with Crippen LogP contribution >= 0.6 is 11.6 Å². The topological polar surface area (TPSA) is 108 Å². The molecule has 0 saturated carbocycles. The normalized spacial score (nSPS) is 10.6. The number of benzene rings is 1. The quantitative estimate of drug-likeness (QED) is 0.669. The lowest BCUT2D eigenvalue weighted by atomic mass is 10.2. The lowest BCUT2D eigenvalue weighted by Gasteiger charge is -1.96. The third-order valence-corrected chi connectivity index (χ3v) is 2.39. The molecule has 0 aliphatic carbocycles. The molecule has 0 unspecified atom stereocenters. The van der Waals surface area contributed by atoms with Gasteiger partial charge in [-0.25, -0.2) is 0 Å². The largest absolute Gasteiger partial charge is 0.334 e. The van der Waals surface area contributed by atoms with Gasteiger partial charge in [0.25, 0.3) is 11.6 Å². The Kier molecular flexibility index (Phi) is 3.54. The molecule has 0 radical (unpaired) electrons. The van der Waals surface area contributed by atoms with Crippen LogP contribution in [-0.2, 0) is 6.42 Å². The van der Waals surface area contributed by atoms with Gasteiger partial charge >= 0.3 is 0 Å². The Bertz CT molecular complexity index is 584. The molecule has 0 bridgehead atoms. The maximum atomic E-state index is 10.7. The van der Waals surface area contributed by atoms with Crippen molar-refractivity contribution in [3.63, 3.8) is 0 Å². The molecule has 2 N–H and O–H groups in total. The number of nitro groups is 1. The molecule has 0 atom stereocenters. The Labute approximate surface area is 107 Å². The van der Waals surface area contributed by atoms with Gasteiger partial charge in [0.05, 0.1) is 4.92 Å². The van der Waals surface area contributed by atoms with Crippen LogP contribution in [0.2, 0.25) is 5.02 Å². The van der Waals surface area contributed by atoms with E-state index in [0.717, 1.165) is 0 Å². The van der Waals surface area contributed by atoms with Crippen molar-refractivity contribution >= 4 is 17.3 Å². The number of non-ortho nitro benzene ring substituents is 1. The van der Waals surface area contributed by atoms with Crippen molar-refractivity contribution in [3.8, 4) is 11.5 Å². The Hall–Kier alpha value is -1.99. The number of nitro benzene ring substituents is 1. The first-order chi connectivity index (χ1) is 8.60. The first-order valence-electron chi connectivity index (χ1n) is 5.08. The highest BCUT2D eigenvalue weighted by Gasteiger charge is 2.14. The third kappa shape index (κ3) is 2.63. The van der Waals surface area contributed by atoms with Gasteiger partial charge in [0.15, 0.2) is 5.82 Å². The second-order valence-electron chi connectivity index (χ2n) is 3.51. The van der Waals surface area contributed by atoms with Crippen molar-refractivity contribution in [2.75, 3.05) is 6.54 Å². The Morgan fingerprint density at radius 1 is 1.44 bits per heavy atom. The fraction of sp³-hybridized carbons (Fsp3) is 0.200. The lowest BCUT2D eigenvalue weighted by Crippen LogP contribution is -2.03. The Morgan fingerprint density at radius 3 is 2.89 bits per heavy atom. The van der Waals surface area contributed by atoms with Crippen molar-refractivity contribution < 1.29 is 9.45 Å². The second kappa shape index (κ2) is 5.11. The summed E-state index contributed by atoms with van der Waals surface area (Å²) in [6, 6.07) is 4.10. The van der Waals surface area contributed by atoms with E-state index in [2.05, 4.69) is 10.1 Å². The van der Waals surface area contributed by atoms with E-state index in [1.165, 1.54) is 18.2 Å². The van der Waals surface area contributed by atoms with Crippen molar-refractivity contribution in [3.05, 3.63) is 39.2 Å². The molecule has 2 aromatic rings. The molecular formula is C10H9ClN4O3. The lowest BCUT2D eigenvalue weighted by molar-refractivity contribution is -0.384. The van der Waals surface area contributed by atoms with Crippen LogP contribution in [0.4, 0.5) is 5.69 Å². The zero-order valence-electron chi connectivity index (χ0n) is 9.17. The fourth-order valence-electron chi connectivity index (χ4n) is 1.40. The summed E-state index contributed by atoms with van der Waals surface area (Å²) < 4.78 is 5.00. The summed E-state index contributed by atoms with van der Waals surface area (Å²) >= 11 is 5.80. The number of aromatic nitrogens is 2. The smallest absolute Gasteiger partial charge is 0.271 e. The molecule has 8 heteroatoms. The molecule has 0 aliphatic rings. The van der Waals surface area contributed by atoms with Gasteiger partial charge in [-0.1, -0.05) is 16.8 Å². The standard InChI is InChI=1S/C10H9ClN4O3/c11-7-3-6(4-8(5-7)15(16)17)10-13-9(1-2-12)14-18-10/h3-5H,1-2,12H2. The average molecular weight is 269 g/mol. The number of nitrogens with two attached hydrogens (primary N) is 1. The second-order valence-corrected chi connectivity index (χ2v) is 3.95. The van der Waals surface area contributed by atoms with E-state index in [-0.39, 0.29) is 16.6 Å². The molecule has 7 nitrogen and oxygen atoms in total. The summed E-state index contributed by atoms with van der Waals surface area (Å²) in [6.45, 7) is 0.397. The van der Waals surface area contributed by atoms with Crippen LogP contribution in [0.1, 0.15) is 5.82 Å². The van der Waals surface area contributed by atoms with E-state index in [0.29, 0.717) is 24.4 Å². The summed E-state index contributed by atoms with van der Waals surface area (Å²) in [4.78, 5) is 14.2. The van der Waals surface area contributed by atoms with E-state index in [4.69, 9.17) is 21.9 Å². The molecule has 0 spiro atoms. The summed E-state index contributed by atoms with van der Waals surface area (Å²) in [5.41, 5.74) is 5.64. The summed E-state index contributed by atoms with van der Waals surface area (Å²) in [7, 11) is 0. The molecule has 18 heavy (non-hydrogen) atoms. The van der Waals surface area contributed by atoms with E-state index >= 15 is 0 Å². The van der Waals surface area contributed by atoms with Gasteiger partial charge in [-0.2, -0.15) is 4.98 Å². The Balaban J connectivity index is 2.39. The highest BCUT2D eigenvalue weighted by Crippen LogP contribution is 2.27. The van der Waals surface area contributed by atoms with Crippen LogP contribution in [-0.4, -0.2) is 21.6 Å². The number of nitrogens with zero attached hydrogens (tertiary/aromatic N) is 3. The van der Waals surface area contributed by atoms with Crippen LogP contribution in [0.15, 0.2) is 22.7 Å². The number of halogens is 1. The molecule has 0 fully saturated rings. The summed E-state index contributed by atoms with van der Waals surface area (Å²) in [5, 5.41) is 14.6. The molecule has 1 aromatic heterocycles. The number of rotatable bonds is 4. The molecule has 94 valence electrons. The zero-order valence-corrected chi connectivity index (χ0v) is 9.92. The van der Waals surface area contributed by atoms with Crippen molar-refractivity contribution in [1.29, 1.82) is 0 Å². The SMILES string of the molecule is NCCc1noc(-c2cc(Cl)cc([N+](=O)[O-])c2)n1. The predicted octanol–water partition coefficient (Wildman–Crippen LogP) is 1.80. The van der Waals surface area contributed by atoms with Gasteiger partial charge in [0, 0.05) is 29.1 Å². The highest BCUT2D eigenvalue weighted by molar-refractivity contribution is 6.31. The van der Waals surface area contributed by atoms with Gasteiger partial charge in [-0.15, -0.1) is 0 Å². The van der Waals surface area contributed by atoms with Crippen LogP contribution in [0.25, 0.3) is 11.5 Å². The van der Waals surface area contributed by atoms with Crippen LogP contribution in [0, 0.1) is 10.1 Å². The number of hydrogen-bond acceptors (Lipinski definition) is 6. The molecule has 0 amide bonds. The van der Waals surface area contributed by atoms with E-state index < -0.39 is 4.92 Å². The summed E-state index contributed by atoms with van der Waals surface area (Å²) in [6.07, 6.45) is 0.478. The van der Waals surface area contributed by atoms with Gasteiger partial charge in [-0.3, -0.25) is 10.1 Å². The first-order valence-corrected chi connectivity index (χ1v) is 5.46. The van der Waals surface area contributed by atoms with Crippen LogP contribution < -0.4 is 5.73 Å². The summed E-state index contributed by atoms with van der Waals surface area (Å²) in [5.74, 6) is 0.638. The first kappa shape index (κ1) is 12.5. The molecule has 1 aromatic carbocycles. The van der Waals surface area contributed by atoms with Crippen LogP contribution in [0.3, 0.4) is 0 Å². The van der Waals surface area contributed by atoms with Gasteiger partial charge < -0.3 is 10.3 Å². The van der Waals surface area contributed by atoms with E-state index in [1.807, 2.05) is 0 Å². The van der Waals surface area contributed by atoms with Gasteiger partial charge in [0.2, 0.25) is 0 Å². The Morgan fingerprint density at radius 2 is 2.22 bits per heavy atom. The molecule has 0 saturated heterocycles. The minimum Gasteiger partial charge on any atom is -0.334 e. The third-order valence-electron chi connectivity index (χ3n) is 2.18. The highest BCUT2D eigenvalue weighted by atomic mass is 35.5. The van der Waals surface area contributed by atoms with Crippen LogP contribution in [0.5, 0.6) is 0 Å². The van der Waals surface area contributed by atoms with Crippen molar-refractivity contribution in [1.82, 2.24) is 10.1 Å². The maximum Gasteiger partial charge on any atom is 0.271 e. The molecular weight excluding hydrogens is 260 g/mol. The molecule has 2 rings (SSSR count). The van der Waals surface area contributed by atoms with Crippen molar-refractivity contribution in [2.24, 2.45) is 5.73 Å². The van der Waals surface area contributed by atoms with Gasteiger partial charge in [-0.05, 0) is 12.6 Å². The zero-order chi connectivity index (χ0) is 13.1.